The number of carbonyl (C=O) groups is 1. The first-order valence-corrected chi connectivity index (χ1v) is 6.54. The Labute approximate surface area is 132 Å². The molecular formula is C10H12NNaO6S. The third kappa shape index (κ3) is 7.51. The Morgan fingerprint density at radius 1 is 1.32 bits per heavy atom. The van der Waals surface area contributed by atoms with Gasteiger partial charge in [0.2, 0.25) is 0 Å². The predicted octanol–water partition coefficient (Wildman–Crippen LogP) is -3.29. The number of rotatable bonds is 6. The van der Waals surface area contributed by atoms with Gasteiger partial charge in [0.05, 0.1) is 27.5 Å². The maximum atomic E-state index is 10.6. The predicted molar refractivity (Wildman–Crippen MR) is 62.5 cm³/mol. The van der Waals surface area contributed by atoms with Crippen LogP contribution in [0.25, 0.3) is 0 Å². The van der Waals surface area contributed by atoms with Crippen molar-refractivity contribution in [2.24, 2.45) is 0 Å². The van der Waals surface area contributed by atoms with E-state index in [4.69, 9.17) is 5.11 Å². The smallest absolute Gasteiger partial charge is 0.748 e. The van der Waals surface area contributed by atoms with Crippen LogP contribution in [-0.4, -0.2) is 47.6 Å². The number of benzene rings is 1. The number of carboxylic acids is 1. The molecule has 0 saturated carbocycles. The Morgan fingerprint density at radius 3 is 2.26 bits per heavy atom. The van der Waals surface area contributed by atoms with E-state index in [9.17, 15) is 22.9 Å². The van der Waals surface area contributed by atoms with Gasteiger partial charge >= 0.3 is 35.5 Å². The number of carboxylic acid groups (broad SMARTS) is 1. The number of hydrogen-bond donors (Lipinski definition) is 3. The molecule has 0 aliphatic heterocycles. The molecule has 3 N–H and O–H groups in total. The van der Waals surface area contributed by atoms with E-state index in [1.807, 2.05) is 0 Å². The van der Waals surface area contributed by atoms with Crippen molar-refractivity contribution < 1.29 is 57.5 Å². The Hall–Kier alpha value is -0.640. The number of aliphatic hydroxyl groups excluding tert-OH is 1. The summed E-state index contributed by atoms with van der Waals surface area (Å²) >= 11 is 0. The van der Waals surface area contributed by atoms with Crippen LogP contribution in [0.5, 0.6) is 0 Å². The zero-order chi connectivity index (χ0) is 13.8. The summed E-state index contributed by atoms with van der Waals surface area (Å²) in [6.07, 6.45) is -1.31. The van der Waals surface area contributed by atoms with E-state index in [-0.39, 0.29) is 41.7 Å². The maximum absolute atomic E-state index is 10.6. The second-order valence-corrected chi connectivity index (χ2v) is 5.09. The quantitative estimate of drug-likeness (QED) is 0.371. The second-order valence-electron chi connectivity index (χ2n) is 3.64. The van der Waals surface area contributed by atoms with Crippen molar-refractivity contribution in [2.75, 3.05) is 17.6 Å². The molecule has 1 rings (SSSR count). The molecule has 1 aromatic carbocycles. The minimum Gasteiger partial charge on any atom is -0.748 e. The van der Waals surface area contributed by atoms with E-state index in [0.29, 0.717) is 5.69 Å². The van der Waals surface area contributed by atoms with Crippen molar-refractivity contribution in [3.05, 3.63) is 29.8 Å². The standard InChI is InChI=1S/C10H13NO6S.Na/c12-9(6-18(15,16)17)5-11-8-3-1-7(2-4-8)10(13)14;/h1-4,9,11-12H,5-6H2,(H,13,14)(H,15,16,17);/q;+1/p-1. The van der Waals surface area contributed by atoms with Crippen molar-refractivity contribution in [3.8, 4) is 0 Å². The summed E-state index contributed by atoms with van der Waals surface area (Å²) < 4.78 is 31.1. The third-order valence-electron chi connectivity index (χ3n) is 2.07. The van der Waals surface area contributed by atoms with Crippen molar-refractivity contribution in [3.63, 3.8) is 0 Å². The topological polar surface area (TPSA) is 127 Å². The minimum absolute atomic E-state index is 0. The van der Waals surface area contributed by atoms with Gasteiger partial charge in [0.1, 0.15) is 0 Å². The fraction of sp³-hybridized carbons (Fsp3) is 0.300. The van der Waals surface area contributed by atoms with Crippen LogP contribution >= 0.6 is 0 Å². The normalized spacial score (nSPS) is 12.3. The van der Waals surface area contributed by atoms with Gasteiger partial charge in [-0.1, -0.05) is 0 Å². The molecule has 0 fully saturated rings. The van der Waals surface area contributed by atoms with E-state index >= 15 is 0 Å². The monoisotopic (exact) mass is 297 g/mol. The molecule has 0 heterocycles. The first-order valence-electron chi connectivity index (χ1n) is 4.97. The van der Waals surface area contributed by atoms with Crippen LogP contribution in [-0.2, 0) is 10.1 Å². The van der Waals surface area contributed by atoms with Crippen molar-refractivity contribution in [2.45, 2.75) is 6.10 Å². The van der Waals surface area contributed by atoms with Gasteiger partial charge in [-0.3, -0.25) is 0 Å². The molecule has 7 nitrogen and oxygen atoms in total. The van der Waals surface area contributed by atoms with Gasteiger partial charge in [0.25, 0.3) is 0 Å². The SMILES string of the molecule is O=C(O)c1ccc(NCC(O)CS(=O)(=O)[O-])cc1.[Na+]. The summed E-state index contributed by atoms with van der Waals surface area (Å²) in [5.41, 5.74) is 0.630. The first kappa shape index (κ1) is 18.4. The van der Waals surface area contributed by atoms with Crippen LogP contribution < -0.4 is 34.9 Å². The van der Waals surface area contributed by atoms with Crippen LogP contribution in [0.4, 0.5) is 5.69 Å². The summed E-state index contributed by atoms with van der Waals surface area (Å²) in [5.74, 6) is -1.92. The van der Waals surface area contributed by atoms with Gasteiger partial charge in [-0.05, 0) is 24.3 Å². The Kier molecular flexibility index (Phi) is 7.57. The number of anilines is 1. The van der Waals surface area contributed by atoms with E-state index in [2.05, 4.69) is 5.32 Å². The van der Waals surface area contributed by atoms with E-state index in [0.717, 1.165) is 0 Å². The Morgan fingerprint density at radius 2 is 1.84 bits per heavy atom. The summed E-state index contributed by atoms with van der Waals surface area (Å²) in [6, 6.07) is 5.67. The molecule has 0 aromatic heterocycles. The summed E-state index contributed by atoms with van der Waals surface area (Å²) in [4.78, 5) is 10.6. The molecule has 0 radical (unpaired) electrons. The second kappa shape index (κ2) is 7.83. The molecule has 9 heteroatoms. The zero-order valence-electron chi connectivity index (χ0n) is 10.2. The van der Waals surface area contributed by atoms with Crippen LogP contribution in [0, 0.1) is 0 Å². The Bertz CT molecular complexity index is 515. The molecular weight excluding hydrogens is 285 g/mol. The molecule has 0 spiro atoms. The van der Waals surface area contributed by atoms with Gasteiger partial charge < -0.3 is 20.1 Å². The molecule has 0 aliphatic rings. The Balaban J connectivity index is 0.00000324. The van der Waals surface area contributed by atoms with E-state index < -0.39 is 27.9 Å². The number of aliphatic hydroxyl groups is 1. The average Bonchev–Trinajstić information content (AvgIpc) is 2.24. The van der Waals surface area contributed by atoms with Crippen LogP contribution in [0.15, 0.2) is 24.3 Å². The molecule has 0 amide bonds. The fourth-order valence-electron chi connectivity index (χ4n) is 1.26. The van der Waals surface area contributed by atoms with E-state index in [1.165, 1.54) is 24.3 Å². The van der Waals surface area contributed by atoms with Crippen LogP contribution in [0.3, 0.4) is 0 Å². The van der Waals surface area contributed by atoms with Crippen LogP contribution in [0.1, 0.15) is 10.4 Å². The number of nitrogens with one attached hydrogen (secondary N) is 1. The summed E-state index contributed by atoms with van der Waals surface area (Å²) in [6.45, 7) is -0.117. The van der Waals surface area contributed by atoms with Gasteiger partial charge in [0, 0.05) is 12.2 Å². The largest absolute Gasteiger partial charge is 1.00 e. The zero-order valence-corrected chi connectivity index (χ0v) is 13.1. The molecule has 1 aromatic rings. The third-order valence-corrected chi connectivity index (χ3v) is 2.86. The molecule has 1 atom stereocenters. The van der Waals surface area contributed by atoms with Gasteiger partial charge in [0.15, 0.2) is 0 Å². The molecule has 1 unspecified atom stereocenters. The molecule has 0 aliphatic carbocycles. The molecule has 0 saturated heterocycles. The average molecular weight is 297 g/mol. The van der Waals surface area contributed by atoms with Gasteiger partial charge in [-0.15, -0.1) is 0 Å². The number of aromatic carboxylic acids is 1. The van der Waals surface area contributed by atoms with Crippen molar-refractivity contribution in [1.82, 2.24) is 0 Å². The first-order chi connectivity index (χ1) is 8.28. The van der Waals surface area contributed by atoms with Crippen LogP contribution in [0.2, 0.25) is 0 Å². The summed E-state index contributed by atoms with van der Waals surface area (Å²) in [5, 5.41) is 20.6. The molecule has 100 valence electrons. The molecule has 0 bridgehead atoms. The summed E-state index contributed by atoms with van der Waals surface area (Å²) in [7, 11) is -4.46. The van der Waals surface area contributed by atoms with Gasteiger partial charge in [-0.2, -0.15) is 0 Å². The van der Waals surface area contributed by atoms with Crippen molar-refractivity contribution in [1.29, 1.82) is 0 Å². The fourth-order valence-corrected chi connectivity index (χ4v) is 1.85. The number of hydrogen-bond acceptors (Lipinski definition) is 6. The maximum Gasteiger partial charge on any atom is 1.00 e. The van der Waals surface area contributed by atoms with Crippen molar-refractivity contribution >= 4 is 21.8 Å². The van der Waals surface area contributed by atoms with E-state index in [1.54, 1.807) is 0 Å². The molecule has 19 heavy (non-hydrogen) atoms. The van der Waals surface area contributed by atoms with Gasteiger partial charge in [-0.25, -0.2) is 13.2 Å². The minimum atomic E-state index is -4.46.